The third kappa shape index (κ3) is 7.19. The first kappa shape index (κ1) is 27.9. The van der Waals surface area contributed by atoms with E-state index in [1.54, 1.807) is 11.1 Å². The first-order chi connectivity index (χ1) is 17.1. The van der Waals surface area contributed by atoms with Crippen LogP contribution in [0.5, 0.6) is 0 Å². The third-order valence-electron chi connectivity index (χ3n) is 7.36. The third-order valence-corrected chi connectivity index (χ3v) is 7.36. The lowest BCUT2D eigenvalue weighted by atomic mass is 9.83. The maximum absolute atomic E-state index is 13.3. The highest BCUT2D eigenvalue weighted by atomic mass is 19.4. The predicted molar refractivity (Wildman–Crippen MR) is 119 cm³/mol. The zero-order chi connectivity index (χ0) is 26.3. The number of hydrazone groups is 1. The van der Waals surface area contributed by atoms with Crippen molar-refractivity contribution in [2.75, 3.05) is 26.7 Å². The molecule has 2 unspecified atom stereocenters. The highest BCUT2D eigenvalue weighted by Crippen LogP contribution is 2.35. The fourth-order valence-electron chi connectivity index (χ4n) is 5.46. The predicted octanol–water partition coefficient (Wildman–Crippen LogP) is 2.08. The summed E-state index contributed by atoms with van der Waals surface area (Å²) in [7, 11) is 1.21. The Morgan fingerprint density at radius 3 is 2.28 bits per heavy atom. The van der Waals surface area contributed by atoms with Gasteiger partial charge in [-0.15, -0.1) is 0 Å². The van der Waals surface area contributed by atoms with Gasteiger partial charge in [0.05, 0.1) is 13.2 Å². The van der Waals surface area contributed by atoms with Gasteiger partial charge in [0.25, 0.3) is 6.08 Å². The van der Waals surface area contributed by atoms with Gasteiger partial charge in [0.2, 0.25) is 5.91 Å². The number of hydrogen-bond acceptors (Lipinski definition) is 9. The fourth-order valence-corrected chi connectivity index (χ4v) is 5.46. The number of esters is 2. The Labute approximate surface area is 207 Å². The molecule has 1 amide bonds. The lowest BCUT2D eigenvalue weighted by molar-refractivity contribution is -0.217. The lowest BCUT2D eigenvalue weighted by Crippen LogP contribution is -2.52. The number of likely N-dealkylation sites (tertiary alicyclic amines) is 1. The summed E-state index contributed by atoms with van der Waals surface area (Å²) < 4.78 is 48.0. The average Bonchev–Trinajstić information content (AvgIpc) is 2.87. The molecular weight excluding hydrogens is 485 g/mol. The van der Waals surface area contributed by atoms with Crippen molar-refractivity contribution in [2.24, 2.45) is 16.9 Å². The minimum Gasteiger partial charge on any atom is -0.469 e. The Morgan fingerprint density at radius 1 is 1.06 bits per heavy atom. The Morgan fingerprint density at radius 2 is 1.69 bits per heavy atom. The minimum absolute atomic E-state index is 0.0248. The van der Waals surface area contributed by atoms with Crippen molar-refractivity contribution in [3.05, 3.63) is 0 Å². The Balaban J connectivity index is 1.64. The normalized spacial score (nSPS) is 27.5. The first-order valence-corrected chi connectivity index (χ1v) is 12.4. The molecule has 0 bridgehead atoms. The monoisotopic (exact) mass is 518 g/mol. The van der Waals surface area contributed by atoms with Crippen LogP contribution in [0, 0.1) is 11.8 Å². The van der Waals surface area contributed by atoms with Crippen LogP contribution in [0.15, 0.2) is 5.10 Å². The quantitative estimate of drug-likeness (QED) is 0.236. The fraction of sp³-hybridized carbons (Fsp3) is 0.826. The molecule has 13 heteroatoms. The molecule has 2 saturated heterocycles. The van der Waals surface area contributed by atoms with Crippen molar-refractivity contribution in [3.8, 4) is 0 Å². The summed E-state index contributed by atoms with van der Waals surface area (Å²) >= 11 is 0. The topological polar surface area (TPSA) is 118 Å². The molecule has 3 aliphatic rings. The number of piperidine rings is 2. The summed E-state index contributed by atoms with van der Waals surface area (Å²) in [6.45, 7) is 1.73. The molecule has 0 aromatic carbocycles. The van der Waals surface area contributed by atoms with Crippen LogP contribution >= 0.6 is 0 Å². The zero-order valence-electron chi connectivity index (χ0n) is 20.3. The molecule has 3 fully saturated rings. The van der Waals surface area contributed by atoms with E-state index in [0.29, 0.717) is 32.1 Å². The molecule has 36 heavy (non-hydrogen) atoms. The summed E-state index contributed by atoms with van der Waals surface area (Å²) in [4.78, 5) is 48.8. The van der Waals surface area contributed by atoms with E-state index < -0.39 is 30.3 Å². The molecule has 0 aromatic rings. The van der Waals surface area contributed by atoms with E-state index in [1.807, 2.05) is 0 Å². The van der Waals surface area contributed by atoms with Crippen LogP contribution < -0.4 is 5.32 Å². The molecule has 2 aliphatic heterocycles. The van der Waals surface area contributed by atoms with E-state index in [1.165, 1.54) is 12.0 Å². The van der Waals surface area contributed by atoms with Gasteiger partial charge in [0.15, 0.2) is 6.23 Å². The van der Waals surface area contributed by atoms with Crippen molar-refractivity contribution in [2.45, 2.75) is 82.3 Å². The number of methoxy groups -OCH3 is 1. The largest absolute Gasteiger partial charge is 0.491 e. The van der Waals surface area contributed by atoms with E-state index in [2.05, 4.69) is 15.2 Å². The lowest BCUT2D eigenvalue weighted by Gasteiger charge is -2.43. The Kier molecular flexibility index (Phi) is 9.72. The molecule has 0 aromatic heterocycles. The highest BCUT2D eigenvalue weighted by molar-refractivity contribution is 5.80. The highest BCUT2D eigenvalue weighted by Gasteiger charge is 2.46. The van der Waals surface area contributed by atoms with Gasteiger partial charge in [0.1, 0.15) is 0 Å². The number of carbonyl (C=O) groups excluding carboxylic acids is 4. The average molecular weight is 519 g/mol. The van der Waals surface area contributed by atoms with Crippen LogP contribution in [-0.2, 0) is 28.7 Å². The van der Waals surface area contributed by atoms with E-state index >= 15 is 0 Å². The van der Waals surface area contributed by atoms with Gasteiger partial charge in [-0.3, -0.25) is 14.6 Å². The smallest absolute Gasteiger partial charge is 0.469 e. The van der Waals surface area contributed by atoms with Crippen molar-refractivity contribution in [1.82, 2.24) is 15.2 Å². The molecule has 202 valence electrons. The van der Waals surface area contributed by atoms with Crippen molar-refractivity contribution in [1.29, 1.82) is 0 Å². The van der Waals surface area contributed by atoms with Crippen LogP contribution in [0.3, 0.4) is 0 Å². The Bertz CT molecular complexity index is 836. The number of isocyanates is 1. The molecule has 2 heterocycles. The first-order valence-electron chi connectivity index (χ1n) is 12.4. The molecule has 3 rings (SSSR count). The van der Waals surface area contributed by atoms with Gasteiger partial charge in [0, 0.05) is 31.3 Å². The maximum atomic E-state index is 13.3. The SMILES string of the molecule is COC(=O)CC1CCN(C(=O)C2CCC(N(N=C=O)C3CCNCC3)CC2)C(OC(=O)C(F)(F)F)C1. The molecule has 0 radical (unpaired) electrons. The zero-order valence-corrected chi connectivity index (χ0v) is 20.3. The summed E-state index contributed by atoms with van der Waals surface area (Å²) in [5.74, 6) is -4.06. The maximum Gasteiger partial charge on any atom is 0.491 e. The second-order valence-corrected chi connectivity index (χ2v) is 9.62. The van der Waals surface area contributed by atoms with Gasteiger partial charge in [-0.2, -0.15) is 13.2 Å². The van der Waals surface area contributed by atoms with Crippen molar-refractivity contribution >= 4 is 23.9 Å². The van der Waals surface area contributed by atoms with Crippen molar-refractivity contribution < 1.29 is 41.8 Å². The molecule has 1 N–H and O–H groups in total. The number of ether oxygens (including phenoxy) is 2. The summed E-state index contributed by atoms with van der Waals surface area (Å²) in [5.41, 5.74) is 0. The standard InChI is InChI=1S/C23H33F3N4O6/c1-35-20(32)13-15-8-11-29(19(12-15)36-22(34)23(24,25)26)21(33)16-2-4-17(5-3-16)30(28-14-31)18-6-9-27-10-7-18/h15-19,27H,2-13H2,1H3. The number of nitrogens with zero attached hydrogens (tertiary/aromatic N) is 3. The number of nitrogens with one attached hydrogen (secondary N) is 1. The molecule has 2 atom stereocenters. The summed E-state index contributed by atoms with van der Waals surface area (Å²) in [5, 5.41) is 9.01. The Hall–Kier alpha value is -2.66. The van der Waals surface area contributed by atoms with E-state index in [-0.39, 0.29) is 43.3 Å². The van der Waals surface area contributed by atoms with Gasteiger partial charge in [-0.05, 0) is 64.0 Å². The summed E-state index contributed by atoms with van der Waals surface area (Å²) in [6, 6.07) is 0.0909. The van der Waals surface area contributed by atoms with Crippen LogP contribution in [0.1, 0.15) is 57.8 Å². The number of rotatable bonds is 7. The molecule has 0 spiro atoms. The summed E-state index contributed by atoms with van der Waals surface area (Å²) in [6.07, 6.45) is -0.862. The number of hydrogen-bond donors (Lipinski definition) is 1. The van der Waals surface area contributed by atoms with Gasteiger partial charge >= 0.3 is 18.1 Å². The molecule has 10 nitrogen and oxygen atoms in total. The van der Waals surface area contributed by atoms with Crippen LogP contribution in [0.4, 0.5) is 13.2 Å². The van der Waals surface area contributed by atoms with Crippen molar-refractivity contribution in [3.63, 3.8) is 0 Å². The number of alkyl halides is 3. The van der Waals surface area contributed by atoms with E-state index in [4.69, 9.17) is 4.74 Å². The van der Waals surface area contributed by atoms with Crippen LogP contribution in [0.25, 0.3) is 0 Å². The van der Waals surface area contributed by atoms with E-state index in [0.717, 1.165) is 25.9 Å². The van der Waals surface area contributed by atoms with Gasteiger partial charge < -0.3 is 19.7 Å². The van der Waals surface area contributed by atoms with Gasteiger partial charge in [-0.1, -0.05) is 5.10 Å². The molecule has 1 saturated carbocycles. The second-order valence-electron chi connectivity index (χ2n) is 9.62. The molecular formula is C23H33F3N4O6. The minimum atomic E-state index is -5.20. The van der Waals surface area contributed by atoms with Crippen LogP contribution in [-0.4, -0.2) is 85.1 Å². The number of halogens is 3. The van der Waals surface area contributed by atoms with E-state index in [9.17, 15) is 32.3 Å². The van der Waals surface area contributed by atoms with Crippen LogP contribution in [0.2, 0.25) is 0 Å². The van der Waals surface area contributed by atoms with Gasteiger partial charge in [-0.25, -0.2) is 9.59 Å². The number of amides is 1. The molecule has 1 aliphatic carbocycles. The second kappa shape index (κ2) is 12.5. The number of carbonyl (C=O) groups is 3.